The molecular weight excluding hydrogens is 192 g/mol. The summed E-state index contributed by atoms with van der Waals surface area (Å²) in [6, 6.07) is 0.0701. The number of carbonyl (C=O) groups excluding carboxylic acids is 1. The zero-order valence-corrected chi connectivity index (χ0v) is 8.96. The van der Waals surface area contributed by atoms with E-state index < -0.39 is 0 Å². The lowest BCUT2D eigenvalue weighted by Gasteiger charge is -2.31. The van der Waals surface area contributed by atoms with Crippen LogP contribution in [0.3, 0.4) is 0 Å². The standard InChI is InChI=1S/C10H16N4O/c1-13-11-6-9(12-13)7-14-5-3-2-4-10(14)8-15/h6,8,10H,2-5,7H2,1H3. The van der Waals surface area contributed by atoms with Crippen molar-refractivity contribution >= 4 is 6.29 Å². The molecule has 1 aromatic rings. The molecule has 1 atom stereocenters. The minimum absolute atomic E-state index is 0.0701. The lowest BCUT2D eigenvalue weighted by Crippen LogP contribution is -2.39. The molecule has 0 amide bonds. The maximum atomic E-state index is 10.9. The predicted molar refractivity (Wildman–Crippen MR) is 55.1 cm³/mol. The highest BCUT2D eigenvalue weighted by Crippen LogP contribution is 2.17. The number of aromatic nitrogens is 3. The highest BCUT2D eigenvalue weighted by Gasteiger charge is 2.22. The van der Waals surface area contributed by atoms with Gasteiger partial charge >= 0.3 is 0 Å². The smallest absolute Gasteiger partial charge is 0.137 e. The summed E-state index contributed by atoms with van der Waals surface area (Å²) in [5.41, 5.74) is 0.936. The Labute approximate surface area is 89.1 Å². The zero-order valence-electron chi connectivity index (χ0n) is 8.96. The van der Waals surface area contributed by atoms with Gasteiger partial charge in [-0.25, -0.2) is 0 Å². The van der Waals surface area contributed by atoms with Gasteiger partial charge in [0.15, 0.2) is 0 Å². The summed E-state index contributed by atoms with van der Waals surface area (Å²) in [5.74, 6) is 0. The number of hydrogen-bond acceptors (Lipinski definition) is 4. The van der Waals surface area contributed by atoms with Gasteiger partial charge in [0.25, 0.3) is 0 Å². The van der Waals surface area contributed by atoms with Gasteiger partial charge < -0.3 is 4.79 Å². The maximum Gasteiger partial charge on any atom is 0.137 e. The number of carbonyl (C=O) groups is 1. The monoisotopic (exact) mass is 208 g/mol. The van der Waals surface area contributed by atoms with Crippen LogP contribution in [0.5, 0.6) is 0 Å². The molecule has 0 aliphatic carbocycles. The van der Waals surface area contributed by atoms with Crippen molar-refractivity contribution < 1.29 is 4.79 Å². The predicted octanol–water partition coefficient (Wildman–Crippen LogP) is 0.369. The fourth-order valence-electron chi connectivity index (χ4n) is 2.04. The minimum Gasteiger partial charge on any atom is -0.302 e. The van der Waals surface area contributed by atoms with Crippen LogP contribution < -0.4 is 0 Å². The van der Waals surface area contributed by atoms with E-state index in [-0.39, 0.29) is 6.04 Å². The number of rotatable bonds is 3. The third kappa shape index (κ3) is 2.41. The summed E-state index contributed by atoms with van der Waals surface area (Å²) >= 11 is 0. The van der Waals surface area contributed by atoms with E-state index in [9.17, 15) is 4.79 Å². The van der Waals surface area contributed by atoms with E-state index in [1.807, 2.05) is 0 Å². The van der Waals surface area contributed by atoms with Gasteiger partial charge in [0, 0.05) is 13.6 Å². The van der Waals surface area contributed by atoms with Crippen LogP contribution in [-0.4, -0.2) is 38.8 Å². The quantitative estimate of drug-likeness (QED) is 0.673. The normalized spacial score (nSPS) is 22.9. The molecule has 0 aromatic carbocycles. The first-order valence-corrected chi connectivity index (χ1v) is 5.34. The molecule has 0 spiro atoms. The molecule has 1 saturated heterocycles. The van der Waals surface area contributed by atoms with Crippen molar-refractivity contribution in [1.29, 1.82) is 0 Å². The van der Waals surface area contributed by atoms with Crippen molar-refractivity contribution in [3.8, 4) is 0 Å². The molecule has 2 heterocycles. The Morgan fingerprint density at radius 1 is 1.60 bits per heavy atom. The summed E-state index contributed by atoms with van der Waals surface area (Å²) in [5, 5.41) is 8.25. The maximum absolute atomic E-state index is 10.9. The van der Waals surface area contributed by atoms with Crippen LogP contribution in [0.1, 0.15) is 25.0 Å². The molecule has 1 fully saturated rings. The van der Waals surface area contributed by atoms with Crippen LogP contribution >= 0.6 is 0 Å². The van der Waals surface area contributed by atoms with E-state index in [4.69, 9.17) is 0 Å². The van der Waals surface area contributed by atoms with Crippen molar-refractivity contribution in [3.63, 3.8) is 0 Å². The second kappa shape index (κ2) is 4.53. The van der Waals surface area contributed by atoms with Crippen LogP contribution in [0.15, 0.2) is 6.20 Å². The summed E-state index contributed by atoms with van der Waals surface area (Å²) < 4.78 is 0. The highest BCUT2D eigenvalue weighted by atomic mass is 16.1. The van der Waals surface area contributed by atoms with Crippen molar-refractivity contribution in [3.05, 3.63) is 11.9 Å². The largest absolute Gasteiger partial charge is 0.302 e. The molecule has 1 aromatic heterocycles. The fraction of sp³-hybridized carbons (Fsp3) is 0.700. The third-order valence-electron chi connectivity index (χ3n) is 2.83. The molecule has 5 heteroatoms. The molecule has 0 radical (unpaired) electrons. The SMILES string of the molecule is Cn1ncc(CN2CCCCC2C=O)n1. The van der Waals surface area contributed by atoms with Gasteiger partial charge in [-0.05, 0) is 19.4 Å². The van der Waals surface area contributed by atoms with Gasteiger partial charge in [-0.15, -0.1) is 0 Å². The first-order chi connectivity index (χ1) is 7.29. The topological polar surface area (TPSA) is 51.0 Å². The van der Waals surface area contributed by atoms with Gasteiger partial charge in [0.2, 0.25) is 0 Å². The van der Waals surface area contributed by atoms with Crippen molar-refractivity contribution in [2.24, 2.45) is 7.05 Å². The number of hydrogen-bond donors (Lipinski definition) is 0. The molecule has 5 nitrogen and oxygen atoms in total. The zero-order chi connectivity index (χ0) is 10.7. The Balaban J connectivity index is 2.00. The molecule has 2 rings (SSSR count). The average molecular weight is 208 g/mol. The van der Waals surface area contributed by atoms with E-state index in [2.05, 4.69) is 15.1 Å². The van der Waals surface area contributed by atoms with Crippen molar-refractivity contribution in [2.45, 2.75) is 31.8 Å². The number of piperidine rings is 1. The molecule has 1 aliphatic heterocycles. The van der Waals surface area contributed by atoms with Crippen molar-refractivity contribution in [2.75, 3.05) is 6.54 Å². The second-order valence-electron chi connectivity index (χ2n) is 4.00. The minimum atomic E-state index is 0.0701. The molecule has 0 N–H and O–H groups in total. The van der Waals surface area contributed by atoms with E-state index in [0.29, 0.717) is 0 Å². The first kappa shape index (κ1) is 10.3. The van der Waals surface area contributed by atoms with Crippen molar-refractivity contribution in [1.82, 2.24) is 19.9 Å². The fourth-order valence-corrected chi connectivity index (χ4v) is 2.04. The number of aryl methyl sites for hydroxylation is 1. The summed E-state index contributed by atoms with van der Waals surface area (Å²) in [4.78, 5) is 14.6. The summed E-state index contributed by atoms with van der Waals surface area (Å²) in [6.45, 7) is 1.72. The third-order valence-corrected chi connectivity index (χ3v) is 2.83. The first-order valence-electron chi connectivity index (χ1n) is 5.34. The lowest BCUT2D eigenvalue weighted by atomic mass is 10.0. The Hall–Kier alpha value is -1.23. The van der Waals surface area contributed by atoms with Gasteiger partial charge in [-0.1, -0.05) is 6.42 Å². The molecule has 15 heavy (non-hydrogen) atoms. The molecular formula is C10H16N4O. The van der Waals surface area contributed by atoms with Gasteiger partial charge in [0.1, 0.15) is 6.29 Å². The van der Waals surface area contributed by atoms with Gasteiger partial charge in [0.05, 0.1) is 17.9 Å². The average Bonchev–Trinajstić information content (AvgIpc) is 2.65. The van der Waals surface area contributed by atoms with Crippen LogP contribution in [0.4, 0.5) is 0 Å². The van der Waals surface area contributed by atoms with Crippen LogP contribution in [0, 0.1) is 0 Å². The Morgan fingerprint density at radius 3 is 3.13 bits per heavy atom. The molecule has 1 unspecified atom stereocenters. The van der Waals surface area contributed by atoms with Gasteiger partial charge in [-0.3, -0.25) is 4.90 Å². The summed E-state index contributed by atoms with van der Waals surface area (Å²) in [7, 11) is 1.80. The molecule has 82 valence electrons. The van der Waals surface area contributed by atoms with Crippen LogP contribution in [0.2, 0.25) is 0 Å². The Bertz CT molecular complexity index is 336. The second-order valence-corrected chi connectivity index (χ2v) is 4.00. The van der Waals surface area contributed by atoms with E-state index in [1.165, 1.54) is 6.42 Å². The molecule has 1 aliphatic rings. The van der Waals surface area contributed by atoms with Crippen LogP contribution in [-0.2, 0) is 18.4 Å². The van der Waals surface area contributed by atoms with E-state index in [1.54, 1.807) is 18.0 Å². The highest BCUT2D eigenvalue weighted by molar-refractivity contribution is 5.57. The van der Waals surface area contributed by atoms with E-state index in [0.717, 1.165) is 37.9 Å². The molecule has 0 bridgehead atoms. The number of likely N-dealkylation sites (tertiary alicyclic amines) is 1. The number of aldehydes is 1. The van der Waals surface area contributed by atoms with E-state index >= 15 is 0 Å². The Morgan fingerprint density at radius 2 is 2.47 bits per heavy atom. The van der Waals surface area contributed by atoms with Gasteiger partial charge in [-0.2, -0.15) is 15.0 Å². The molecule has 0 saturated carbocycles. The Kier molecular flexibility index (Phi) is 3.11. The number of nitrogens with zero attached hydrogens (tertiary/aromatic N) is 4. The summed E-state index contributed by atoms with van der Waals surface area (Å²) in [6.07, 6.45) is 6.11. The van der Waals surface area contributed by atoms with Crippen LogP contribution in [0.25, 0.3) is 0 Å². The lowest BCUT2D eigenvalue weighted by molar-refractivity contribution is -0.113.